The first kappa shape index (κ1) is 14.9. The molecular formula is C11H23N3O2. The van der Waals surface area contributed by atoms with E-state index in [1.165, 1.54) is 4.90 Å². The second kappa shape index (κ2) is 7.22. The van der Waals surface area contributed by atoms with Gasteiger partial charge in [-0.1, -0.05) is 20.3 Å². The number of hydrogen-bond donors (Lipinski definition) is 2. The summed E-state index contributed by atoms with van der Waals surface area (Å²) in [5.41, 5.74) is 5.74. The molecule has 94 valence electrons. The third-order valence-electron chi connectivity index (χ3n) is 2.70. The molecule has 2 atom stereocenters. The molecule has 0 aromatic heterocycles. The molecule has 0 saturated heterocycles. The second-order valence-corrected chi connectivity index (χ2v) is 4.24. The Balaban J connectivity index is 3.86. The SMILES string of the molecule is CC[C@H](C)[C@H](N)C(=O)NCCC(=O)N(C)C. The van der Waals surface area contributed by atoms with E-state index in [-0.39, 0.29) is 17.7 Å². The van der Waals surface area contributed by atoms with Crippen molar-refractivity contribution in [3.05, 3.63) is 0 Å². The van der Waals surface area contributed by atoms with Crippen molar-refractivity contribution >= 4 is 11.8 Å². The lowest BCUT2D eigenvalue weighted by molar-refractivity contribution is -0.128. The highest BCUT2D eigenvalue weighted by Crippen LogP contribution is 2.04. The second-order valence-electron chi connectivity index (χ2n) is 4.24. The van der Waals surface area contributed by atoms with E-state index < -0.39 is 6.04 Å². The summed E-state index contributed by atoms with van der Waals surface area (Å²) in [4.78, 5) is 24.3. The van der Waals surface area contributed by atoms with Gasteiger partial charge in [0, 0.05) is 27.1 Å². The summed E-state index contributed by atoms with van der Waals surface area (Å²) in [5.74, 6) is -0.0251. The Morgan fingerprint density at radius 1 is 1.38 bits per heavy atom. The van der Waals surface area contributed by atoms with Crippen LogP contribution in [0.4, 0.5) is 0 Å². The molecule has 5 nitrogen and oxygen atoms in total. The van der Waals surface area contributed by atoms with Crippen LogP contribution in [0.1, 0.15) is 26.7 Å². The Bertz CT molecular complexity index is 241. The first-order chi connectivity index (χ1) is 7.40. The van der Waals surface area contributed by atoms with Crippen molar-refractivity contribution in [2.24, 2.45) is 11.7 Å². The lowest BCUT2D eigenvalue weighted by Crippen LogP contribution is -2.45. The maximum Gasteiger partial charge on any atom is 0.237 e. The number of hydrogen-bond acceptors (Lipinski definition) is 3. The van der Waals surface area contributed by atoms with Crippen LogP contribution in [-0.4, -0.2) is 43.4 Å². The molecule has 0 saturated carbocycles. The first-order valence-electron chi connectivity index (χ1n) is 5.63. The maximum atomic E-state index is 11.5. The standard InChI is InChI=1S/C11H23N3O2/c1-5-8(2)10(12)11(16)13-7-6-9(15)14(3)4/h8,10H,5-7,12H2,1-4H3,(H,13,16)/t8-,10-/m0/s1. The van der Waals surface area contributed by atoms with E-state index >= 15 is 0 Å². The van der Waals surface area contributed by atoms with Crippen LogP contribution < -0.4 is 11.1 Å². The summed E-state index contributed by atoms with van der Waals surface area (Å²) >= 11 is 0. The fraction of sp³-hybridized carbons (Fsp3) is 0.818. The highest BCUT2D eigenvalue weighted by molar-refractivity contribution is 5.82. The van der Waals surface area contributed by atoms with Crippen molar-refractivity contribution in [3.8, 4) is 0 Å². The summed E-state index contributed by atoms with van der Waals surface area (Å²) in [5, 5.41) is 2.67. The van der Waals surface area contributed by atoms with Gasteiger partial charge in [0.2, 0.25) is 11.8 Å². The van der Waals surface area contributed by atoms with Crippen LogP contribution in [0.15, 0.2) is 0 Å². The average Bonchev–Trinajstić information content (AvgIpc) is 2.26. The molecule has 0 unspecified atom stereocenters. The Morgan fingerprint density at radius 3 is 2.38 bits per heavy atom. The van der Waals surface area contributed by atoms with Gasteiger partial charge in [0.25, 0.3) is 0 Å². The average molecular weight is 229 g/mol. The van der Waals surface area contributed by atoms with Crippen LogP contribution in [0.5, 0.6) is 0 Å². The van der Waals surface area contributed by atoms with Gasteiger partial charge in [-0.3, -0.25) is 9.59 Å². The van der Waals surface area contributed by atoms with Crippen LogP contribution >= 0.6 is 0 Å². The van der Waals surface area contributed by atoms with Crippen LogP contribution in [0.2, 0.25) is 0 Å². The molecular weight excluding hydrogens is 206 g/mol. The van der Waals surface area contributed by atoms with Crippen molar-refractivity contribution in [2.75, 3.05) is 20.6 Å². The van der Waals surface area contributed by atoms with E-state index in [1.54, 1.807) is 14.1 Å². The fourth-order valence-electron chi connectivity index (χ4n) is 1.15. The minimum absolute atomic E-state index is 0.00240. The predicted molar refractivity (Wildman–Crippen MR) is 63.8 cm³/mol. The molecule has 0 aliphatic rings. The Kier molecular flexibility index (Phi) is 6.72. The van der Waals surface area contributed by atoms with E-state index in [4.69, 9.17) is 5.73 Å². The van der Waals surface area contributed by atoms with Gasteiger partial charge in [0.1, 0.15) is 0 Å². The van der Waals surface area contributed by atoms with Gasteiger partial charge in [-0.05, 0) is 5.92 Å². The van der Waals surface area contributed by atoms with Gasteiger partial charge >= 0.3 is 0 Å². The highest BCUT2D eigenvalue weighted by Gasteiger charge is 2.18. The summed E-state index contributed by atoms with van der Waals surface area (Å²) in [6, 6.07) is -0.487. The highest BCUT2D eigenvalue weighted by atomic mass is 16.2. The van der Waals surface area contributed by atoms with Gasteiger partial charge in [0.15, 0.2) is 0 Å². The molecule has 5 heteroatoms. The van der Waals surface area contributed by atoms with E-state index in [2.05, 4.69) is 5.32 Å². The Morgan fingerprint density at radius 2 is 1.94 bits per heavy atom. The third kappa shape index (κ3) is 5.11. The van der Waals surface area contributed by atoms with Crippen molar-refractivity contribution in [1.29, 1.82) is 0 Å². The lowest BCUT2D eigenvalue weighted by atomic mass is 9.99. The minimum Gasteiger partial charge on any atom is -0.354 e. The monoisotopic (exact) mass is 229 g/mol. The molecule has 0 fully saturated rings. The quantitative estimate of drug-likeness (QED) is 0.671. The number of carbonyl (C=O) groups excluding carboxylic acids is 2. The fourth-order valence-corrected chi connectivity index (χ4v) is 1.15. The molecule has 0 aromatic carbocycles. The van der Waals surface area contributed by atoms with Crippen LogP contribution in [-0.2, 0) is 9.59 Å². The number of nitrogens with two attached hydrogens (primary N) is 1. The number of amides is 2. The van der Waals surface area contributed by atoms with Gasteiger partial charge in [-0.25, -0.2) is 0 Å². The zero-order valence-electron chi connectivity index (χ0n) is 10.6. The number of rotatable bonds is 6. The molecule has 0 bridgehead atoms. The third-order valence-corrected chi connectivity index (χ3v) is 2.70. The van der Waals surface area contributed by atoms with Gasteiger partial charge < -0.3 is 16.0 Å². The number of nitrogens with zero attached hydrogens (tertiary/aromatic N) is 1. The van der Waals surface area contributed by atoms with Crippen molar-refractivity contribution < 1.29 is 9.59 Å². The zero-order chi connectivity index (χ0) is 12.7. The van der Waals surface area contributed by atoms with Crippen molar-refractivity contribution in [3.63, 3.8) is 0 Å². The Hall–Kier alpha value is -1.10. The maximum absolute atomic E-state index is 11.5. The normalized spacial score (nSPS) is 14.1. The lowest BCUT2D eigenvalue weighted by Gasteiger charge is -2.18. The molecule has 0 spiro atoms. The van der Waals surface area contributed by atoms with E-state index in [9.17, 15) is 9.59 Å². The number of nitrogens with one attached hydrogen (secondary N) is 1. The molecule has 0 aromatic rings. The molecule has 0 rings (SSSR count). The molecule has 0 aliphatic carbocycles. The van der Waals surface area contributed by atoms with Gasteiger partial charge in [-0.2, -0.15) is 0 Å². The molecule has 0 aliphatic heterocycles. The molecule has 3 N–H and O–H groups in total. The zero-order valence-corrected chi connectivity index (χ0v) is 10.6. The summed E-state index contributed by atoms with van der Waals surface area (Å²) in [6.07, 6.45) is 1.18. The Labute approximate surface area is 97.4 Å². The van der Waals surface area contributed by atoms with Crippen molar-refractivity contribution in [1.82, 2.24) is 10.2 Å². The topological polar surface area (TPSA) is 75.4 Å². The van der Waals surface area contributed by atoms with Crippen LogP contribution in [0, 0.1) is 5.92 Å². The van der Waals surface area contributed by atoms with Crippen molar-refractivity contribution in [2.45, 2.75) is 32.7 Å². The van der Waals surface area contributed by atoms with E-state index in [0.717, 1.165) is 6.42 Å². The van der Waals surface area contributed by atoms with Crippen LogP contribution in [0.25, 0.3) is 0 Å². The predicted octanol–water partition coefficient (Wildman–Crippen LogP) is -0.0457. The summed E-state index contributed by atoms with van der Waals surface area (Å²) < 4.78 is 0. The minimum atomic E-state index is -0.487. The first-order valence-corrected chi connectivity index (χ1v) is 5.63. The van der Waals surface area contributed by atoms with Gasteiger partial charge in [-0.15, -0.1) is 0 Å². The summed E-state index contributed by atoms with van der Waals surface area (Å²) in [7, 11) is 3.38. The molecule has 16 heavy (non-hydrogen) atoms. The van der Waals surface area contributed by atoms with Crippen LogP contribution in [0.3, 0.4) is 0 Å². The van der Waals surface area contributed by atoms with Gasteiger partial charge in [0.05, 0.1) is 6.04 Å². The summed E-state index contributed by atoms with van der Waals surface area (Å²) in [6.45, 7) is 4.28. The number of carbonyl (C=O) groups is 2. The smallest absolute Gasteiger partial charge is 0.237 e. The molecule has 0 heterocycles. The van der Waals surface area contributed by atoms with E-state index in [1.807, 2.05) is 13.8 Å². The van der Waals surface area contributed by atoms with E-state index in [0.29, 0.717) is 13.0 Å². The molecule has 2 amide bonds. The largest absolute Gasteiger partial charge is 0.354 e. The molecule has 0 radical (unpaired) electrons.